The van der Waals surface area contributed by atoms with Gasteiger partial charge in [-0.3, -0.25) is 0 Å². The van der Waals surface area contributed by atoms with Crippen molar-refractivity contribution >= 4 is 51.8 Å². The third-order valence-corrected chi connectivity index (χ3v) is 5.00. The normalized spacial score (nSPS) is 14.5. The number of nitrogens with zero attached hydrogens (tertiary/aromatic N) is 5. The first-order valence-corrected chi connectivity index (χ1v) is 9.88. The van der Waals surface area contributed by atoms with Crippen LogP contribution < -0.4 is 15.0 Å². The van der Waals surface area contributed by atoms with Crippen molar-refractivity contribution in [3.63, 3.8) is 0 Å². The molecule has 1 aliphatic rings. The Kier molecular flexibility index (Phi) is 9.23. The van der Waals surface area contributed by atoms with Crippen LogP contribution in [-0.4, -0.2) is 60.7 Å². The minimum absolute atomic E-state index is 0. The van der Waals surface area contributed by atoms with Crippen molar-refractivity contribution < 1.29 is 4.74 Å². The number of nitrogens with one attached hydrogen (secondary N) is 1. The molecule has 28 heavy (non-hydrogen) atoms. The van der Waals surface area contributed by atoms with Crippen molar-refractivity contribution in [1.82, 2.24) is 20.2 Å². The lowest BCUT2D eigenvalue weighted by Gasteiger charge is -2.36. The Morgan fingerprint density at radius 2 is 1.93 bits per heavy atom. The summed E-state index contributed by atoms with van der Waals surface area (Å²) in [5, 5.41) is 3.40. The van der Waals surface area contributed by atoms with Crippen molar-refractivity contribution in [3.8, 4) is 5.75 Å². The van der Waals surface area contributed by atoms with Crippen LogP contribution in [0.1, 0.15) is 12.5 Å². The summed E-state index contributed by atoms with van der Waals surface area (Å²) in [7, 11) is 1.67. The highest BCUT2D eigenvalue weighted by molar-refractivity contribution is 14.0. The Bertz CT molecular complexity index is 768. The number of hydrogen-bond donors (Lipinski definition) is 1. The highest BCUT2D eigenvalue weighted by Gasteiger charge is 2.21. The van der Waals surface area contributed by atoms with Gasteiger partial charge in [-0.2, -0.15) is 0 Å². The number of ether oxygens (including phenoxy) is 1. The van der Waals surface area contributed by atoms with E-state index in [4.69, 9.17) is 9.73 Å². The van der Waals surface area contributed by atoms with Crippen LogP contribution in [0.4, 0.5) is 5.95 Å². The Balaban J connectivity index is 0.00000280. The highest BCUT2D eigenvalue weighted by Crippen LogP contribution is 2.25. The van der Waals surface area contributed by atoms with E-state index >= 15 is 0 Å². The molecule has 0 saturated carbocycles. The molecule has 152 valence electrons. The first-order valence-electron chi connectivity index (χ1n) is 9.09. The van der Waals surface area contributed by atoms with E-state index in [1.165, 1.54) is 0 Å². The summed E-state index contributed by atoms with van der Waals surface area (Å²) >= 11 is 3.53. The van der Waals surface area contributed by atoms with E-state index in [2.05, 4.69) is 54.0 Å². The van der Waals surface area contributed by atoms with Crippen molar-refractivity contribution in [2.45, 2.75) is 13.5 Å². The van der Waals surface area contributed by atoms with E-state index in [-0.39, 0.29) is 24.0 Å². The van der Waals surface area contributed by atoms with Crippen LogP contribution >= 0.6 is 39.9 Å². The van der Waals surface area contributed by atoms with Crippen LogP contribution in [0.25, 0.3) is 0 Å². The Labute approximate surface area is 191 Å². The first kappa shape index (κ1) is 22.7. The molecule has 9 heteroatoms. The molecular formula is C19H26BrIN6O. The Morgan fingerprint density at radius 3 is 2.54 bits per heavy atom. The minimum atomic E-state index is 0. The summed E-state index contributed by atoms with van der Waals surface area (Å²) in [6.07, 6.45) is 3.57. The van der Waals surface area contributed by atoms with Gasteiger partial charge in [0, 0.05) is 45.1 Å². The predicted molar refractivity (Wildman–Crippen MR) is 127 cm³/mol. The summed E-state index contributed by atoms with van der Waals surface area (Å²) in [5.74, 6) is 2.56. The molecule has 1 aromatic heterocycles. The van der Waals surface area contributed by atoms with E-state index < -0.39 is 0 Å². The third kappa shape index (κ3) is 5.94. The molecule has 2 heterocycles. The lowest BCUT2D eigenvalue weighted by Crippen LogP contribution is -2.52. The molecule has 0 unspecified atom stereocenters. The zero-order valence-electron chi connectivity index (χ0n) is 16.1. The molecular weight excluding hydrogens is 535 g/mol. The number of piperazine rings is 1. The molecule has 1 fully saturated rings. The second-order valence-electron chi connectivity index (χ2n) is 6.16. The molecule has 1 aliphatic heterocycles. The van der Waals surface area contributed by atoms with E-state index in [1.54, 1.807) is 19.5 Å². The van der Waals surface area contributed by atoms with Crippen LogP contribution in [0.3, 0.4) is 0 Å². The number of anilines is 1. The van der Waals surface area contributed by atoms with E-state index in [0.29, 0.717) is 6.54 Å². The quantitative estimate of drug-likeness (QED) is 0.344. The Morgan fingerprint density at radius 1 is 1.21 bits per heavy atom. The maximum Gasteiger partial charge on any atom is 0.225 e. The molecule has 0 aliphatic carbocycles. The summed E-state index contributed by atoms with van der Waals surface area (Å²) in [6, 6.07) is 7.89. The van der Waals surface area contributed by atoms with Crippen molar-refractivity contribution in [3.05, 3.63) is 46.7 Å². The molecule has 1 saturated heterocycles. The van der Waals surface area contributed by atoms with Gasteiger partial charge in [0.1, 0.15) is 5.75 Å². The number of rotatable bonds is 5. The third-order valence-electron chi connectivity index (χ3n) is 4.38. The van der Waals surface area contributed by atoms with Gasteiger partial charge >= 0.3 is 0 Å². The zero-order chi connectivity index (χ0) is 19.1. The van der Waals surface area contributed by atoms with E-state index in [9.17, 15) is 0 Å². The van der Waals surface area contributed by atoms with Crippen LogP contribution in [0.2, 0.25) is 0 Å². The fourth-order valence-corrected chi connectivity index (χ4v) is 3.56. The van der Waals surface area contributed by atoms with Gasteiger partial charge in [-0.25, -0.2) is 15.0 Å². The van der Waals surface area contributed by atoms with Crippen LogP contribution in [0.5, 0.6) is 5.75 Å². The molecule has 0 atom stereocenters. The number of aliphatic imine (C=N–C) groups is 1. The summed E-state index contributed by atoms with van der Waals surface area (Å²) in [5.41, 5.74) is 1.13. The minimum Gasteiger partial charge on any atom is -0.496 e. The van der Waals surface area contributed by atoms with Crippen molar-refractivity contribution in [1.29, 1.82) is 0 Å². The molecule has 0 amide bonds. The molecule has 3 rings (SSSR count). The predicted octanol–water partition coefficient (Wildman–Crippen LogP) is 3.15. The smallest absolute Gasteiger partial charge is 0.225 e. The number of guanidine groups is 1. The van der Waals surface area contributed by atoms with Gasteiger partial charge in [-0.15, -0.1) is 24.0 Å². The average molecular weight is 561 g/mol. The maximum atomic E-state index is 5.29. The number of benzene rings is 1. The summed E-state index contributed by atoms with van der Waals surface area (Å²) in [6.45, 7) is 7.07. The molecule has 0 radical (unpaired) electrons. The van der Waals surface area contributed by atoms with Crippen LogP contribution in [-0.2, 0) is 6.54 Å². The number of hydrogen-bond acceptors (Lipinski definition) is 5. The van der Waals surface area contributed by atoms with Gasteiger partial charge in [-0.1, -0.05) is 6.07 Å². The van der Waals surface area contributed by atoms with E-state index in [0.717, 1.165) is 60.4 Å². The fraction of sp³-hybridized carbons (Fsp3) is 0.421. The second-order valence-corrected chi connectivity index (χ2v) is 7.02. The molecule has 1 N–H and O–H groups in total. The SMILES string of the molecule is CCNC(=NCc1ccc(OC)c(Br)c1)N1CCN(c2ncccn2)CC1.I. The second kappa shape index (κ2) is 11.4. The number of halogens is 2. The highest BCUT2D eigenvalue weighted by atomic mass is 127. The standard InChI is InChI=1S/C19H25BrN6O.HI/c1-3-21-18(24-14-15-5-6-17(27-2)16(20)13-15)25-9-11-26(12-10-25)19-22-7-4-8-23-19;/h4-8,13H,3,9-12,14H2,1-2H3,(H,21,24);1H. The monoisotopic (exact) mass is 560 g/mol. The van der Waals surface area contributed by atoms with Gasteiger partial charge in [0.15, 0.2) is 5.96 Å². The number of aromatic nitrogens is 2. The fourth-order valence-electron chi connectivity index (χ4n) is 2.97. The Hall–Kier alpha value is -1.62. The topological polar surface area (TPSA) is 65.9 Å². The molecule has 0 bridgehead atoms. The van der Waals surface area contributed by atoms with Crippen LogP contribution in [0.15, 0.2) is 46.1 Å². The average Bonchev–Trinajstić information content (AvgIpc) is 2.72. The summed E-state index contributed by atoms with van der Waals surface area (Å²) < 4.78 is 6.23. The van der Waals surface area contributed by atoms with Crippen LogP contribution in [0, 0.1) is 0 Å². The maximum absolute atomic E-state index is 5.29. The van der Waals surface area contributed by atoms with Gasteiger partial charge < -0.3 is 19.9 Å². The molecule has 7 nitrogen and oxygen atoms in total. The van der Waals surface area contributed by atoms with Crippen molar-refractivity contribution in [2.75, 3.05) is 44.7 Å². The first-order chi connectivity index (χ1) is 13.2. The van der Waals surface area contributed by atoms with E-state index in [1.807, 2.05) is 18.2 Å². The van der Waals surface area contributed by atoms with Gasteiger partial charge in [-0.05, 0) is 46.6 Å². The van der Waals surface area contributed by atoms with Gasteiger partial charge in [0.05, 0.1) is 18.1 Å². The lowest BCUT2D eigenvalue weighted by atomic mass is 10.2. The van der Waals surface area contributed by atoms with Crippen molar-refractivity contribution in [2.24, 2.45) is 4.99 Å². The largest absolute Gasteiger partial charge is 0.496 e. The van der Waals surface area contributed by atoms with Gasteiger partial charge in [0.2, 0.25) is 5.95 Å². The molecule has 1 aromatic carbocycles. The summed E-state index contributed by atoms with van der Waals surface area (Å²) in [4.78, 5) is 18.0. The zero-order valence-corrected chi connectivity index (χ0v) is 20.1. The molecule has 2 aromatic rings. The molecule has 0 spiro atoms. The lowest BCUT2D eigenvalue weighted by molar-refractivity contribution is 0.370. The van der Waals surface area contributed by atoms with Gasteiger partial charge in [0.25, 0.3) is 0 Å². The number of methoxy groups -OCH3 is 1.